The summed E-state index contributed by atoms with van der Waals surface area (Å²) < 4.78 is 16.2. The third kappa shape index (κ3) is 3.19. The van der Waals surface area contributed by atoms with Crippen molar-refractivity contribution in [2.24, 2.45) is 0 Å². The van der Waals surface area contributed by atoms with Gasteiger partial charge in [0.2, 0.25) is 12.7 Å². The number of hydrogen-bond acceptors (Lipinski definition) is 4. The molecule has 3 rings (SSSR count). The maximum Gasteiger partial charge on any atom is 0.246 e. The number of nitrogens with zero attached hydrogens (tertiary/aromatic N) is 1. The molecular formula is C16H19NO4. The molecule has 2 aliphatic heterocycles. The van der Waals surface area contributed by atoms with Crippen molar-refractivity contribution in [2.45, 2.75) is 26.1 Å². The fourth-order valence-corrected chi connectivity index (χ4v) is 2.65. The molecule has 2 aliphatic rings. The molecule has 0 spiro atoms. The molecule has 1 aromatic carbocycles. The molecule has 112 valence electrons. The van der Waals surface area contributed by atoms with Gasteiger partial charge in [0.1, 0.15) is 0 Å². The molecule has 0 unspecified atom stereocenters. The number of hydrogen-bond donors (Lipinski definition) is 0. The summed E-state index contributed by atoms with van der Waals surface area (Å²) in [6.45, 7) is 5.49. The van der Waals surface area contributed by atoms with Gasteiger partial charge in [-0.05, 0) is 37.6 Å². The summed E-state index contributed by atoms with van der Waals surface area (Å²) in [6.07, 6.45) is 3.56. The summed E-state index contributed by atoms with van der Waals surface area (Å²) in [5.41, 5.74) is 0.918. The Hall–Kier alpha value is -2.01. The fraction of sp³-hybridized carbons (Fsp3) is 0.438. The maximum atomic E-state index is 12.2. The molecule has 0 N–H and O–H groups in total. The highest BCUT2D eigenvalue weighted by Crippen LogP contribution is 2.32. The van der Waals surface area contributed by atoms with E-state index in [-0.39, 0.29) is 24.9 Å². The molecule has 2 heterocycles. The van der Waals surface area contributed by atoms with Crippen molar-refractivity contribution in [3.63, 3.8) is 0 Å². The van der Waals surface area contributed by atoms with Crippen LogP contribution in [0.3, 0.4) is 0 Å². The number of benzene rings is 1. The van der Waals surface area contributed by atoms with Crippen molar-refractivity contribution in [1.82, 2.24) is 4.90 Å². The van der Waals surface area contributed by atoms with Gasteiger partial charge < -0.3 is 19.1 Å². The maximum absolute atomic E-state index is 12.2. The normalized spacial score (nSPS) is 24.6. The van der Waals surface area contributed by atoms with Crippen molar-refractivity contribution in [1.29, 1.82) is 0 Å². The molecule has 1 aromatic rings. The van der Waals surface area contributed by atoms with Crippen LogP contribution in [0.1, 0.15) is 19.4 Å². The molecule has 2 atom stereocenters. The number of carbonyl (C=O) groups excluding carboxylic acids is 1. The topological polar surface area (TPSA) is 48.0 Å². The smallest absolute Gasteiger partial charge is 0.246 e. The molecule has 1 fully saturated rings. The second-order valence-corrected chi connectivity index (χ2v) is 5.45. The van der Waals surface area contributed by atoms with E-state index >= 15 is 0 Å². The van der Waals surface area contributed by atoms with Crippen LogP contribution in [0.4, 0.5) is 0 Å². The van der Waals surface area contributed by atoms with Crippen LogP contribution in [0.25, 0.3) is 6.08 Å². The standard InChI is InChI=1S/C16H19NO4/c1-11-8-17(9-12(2)21-11)16(18)6-4-13-3-5-14-15(7-13)20-10-19-14/h3-7,11-12H,8-10H2,1-2H3/b6-4-/t11-,12+. The monoisotopic (exact) mass is 289 g/mol. The van der Waals surface area contributed by atoms with E-state index in [0.717, 1.165) is 17.1 Å². The van der Waals surface area contributed by atoms with Gasteiger partial charge in [0, 0.05) is 19.2 Å². The first-order valence-electron chi connectivity index (χ1n) is 7.14. The molecule has 21 heavy (non-hydrogen) atoms. The highest BCUT2D eigenvalue weighted by atomic mass is 16.7. The quantitative estimate of drug-likeness (QED) is 0.782. The average molecular weight is 289 g/mol. The molecule has 1 amide bonds. The third-order valence-corrected chi connectivity index (χ3v) is 3.55. The lowest BCUT2D eigenvalue weighted by molar-refractivity contribution is -0.137. The molecule has 5 nitrogen and oxygen atoms in total. The zero-order chi connectivity index (χ0) is 14.8. The van der Waals surface area contributed by atoms with E-state index in [1.54, 1.807) is 12.2 Å². The van der Waals surface area contributed by atoms with Crippen LogP contribution in [0.5, 0.6) is 11.5 Å². The lowest BCUT2D eigenvalue weighted by Gasteiger charge is -2.34. The first-order valence-corrected chi connectivity index (χ1v) is 7.14. The summed E-state index contributed by atoms with van der Waals surface area (Å²) >= 11 is 0. The molecule has 1 saturated heterocycles. The summed E-state index contributed by atoms with van der Waals surface area (Å²) in [5.74, 6) is 1.47. The molecule has 0 aliphatic carbocycles. The van der Waals surface area contributed by atoms with E-state index in [4.69, 9.17) is 14.2 Å². The lowest BCUT2D eigenvalue weighted by Crippen LogP contribution is -2.47. The Balaban J connectivity index is 1.66. The van der Waals surface area contributed by atoms with Gasteiger partial charge in [0.25, 0.3) is 0 Å². The van der Waals surface area contributed by atoms with Crippen LogP contribution in [0.2, 0.25) is 0 Å². The van der Waals surface area contributed by atoms with Crippen molar-refractivity contribution in [3.8, 4) is 11.5 Å². The summed E-state index contributed by atoms with van der Waals surface area (Å²) in [7, 11) is 0. The number of amides is 1. The second-order valence-electron chi connectivity index (χ2n) is 5.45. The molecule has 0 bridgehead atoms. The van der Waals surface area contributed by atoms with Crippen LogP contribution in [0, 0.1) is 0 Å². The van der Waals surface area contributed by atoms with Crippen LogP contribution in [-0.4, -0.2) is 42.9 Å². The van der Waals surface area contributed by atoms with Crippen LogP contribution < -0.4 is 9.47 Å². The van der Waals surface area contributed by atoms with E-state index in [1.165, 1.54) is 0 Å². The average Bonchev–Trinajstić information content (AvgIpc) is 2.91. The van der Waals surface area contributed by atoms with E-state index in [2.05, 4.69) is 0 Å². The van der Waals surface area contributed by atoms with Crippen LogP contribution in [-0.2, 0) is 9.53 Å². The zero-order valence-corrected chi connectivity index (χ0v) is 12.2. The van der Waals surface area contributed by atoms with E-state index in [0.29, 0.717) is 13.1 Å². The Morgan fingerprint density at radius 3 is 2.67 bits per heavy atom. The van der Waals surface area contributed by atoms with E-state index in [1.807, 2.05) is 36.9 Å². The Bertz CT molecular complexity index is 559. The Kier molecular flexibility index (Phi) is 3.84. The van der Waals surface area contributed by atoms with Crippen molar-refractivity contribution < 1.29 is 19.0 Å². The van der Waals surface area contributed by atoms with Gasteiger partial charge in [-0.3, -0.25) is 4.79 Å². The van der Waals surface area contributed by atoms with Gasteiger partial charge >= 0.3 is 0 Å². The molecule has 5 heteroatoms. The minimum Gasteiger partial charge on any atom is -0.454 e. The molecule has 0 saturated carbocycles. The highest BCUT2D eigenvalue weighted by Gasteiger charge is 2.24. The minimum absolute atomic E-state index is 0.00895. The SMILES string of the molecule is C[C@@H]1CN(C(=O)/C=C\c2ccc3c(c2)OCO3)C[C@H](C)O1. The first kappa shape index (κ1) is 13.9. The Labute approximate surface area is 124 Å². The summed E-state index contributed by atoms with van der Waals surface area (Å²) in [4.78, 5) is 14.0. The van der Waals surface area contributed by atoms with Crippen molar-refractivity contribution in [3.05, 3.63) is 29.8 Å². The molecular weight excluding hydrogens is 270 g/mol. The van der Waals surface area contributed by atoms with Gasteiger partial charge in [0.05, 0.1) is 12.2 Å². The second kappa shape index (κ2) is 5.77. The Morgan fingerprint density at radius 2 is 1.90 bits per heavy atom. The fourth-order valence-electron chi connectivity index (χ4n) is 2.65. The highest BCUT2D eigenvalue weighted by molar-refractivity contribution is 5.92. The molecule has 0 radical (unpaired) electrons. The van der Waals surface area contributed by atoms with Gasteiger partial charge in [-0.25, -0.2) is 0 Å². The summed E-state index contributed by atoms with van der Waals surface area (Å²) in [6, 6.07) is 5.63. The molecule has 0 aromatic heterocycles. The number of morpholine rings is 1. The van der Waals surface area contributed by atoms with Crippen LogP contribution in [0.15, 0.2) is 24.3 Å². The number of ether oxygens (including phenoxy) is 3. The third-order valence-electron chi connectivity index (χ3n) is 3.55. The lowest BCUT2D eigenvalue weighted by atomic mass is 10.1. The predicted molar refractivity (Wildman–Crippen MR) is 78.2 cm³/mol. The zero-order valence-electron chi connectivity index (χ0n) is 12.2. The largest absolute Gasteiger partial charge is 0.454 e. The predicted octanol–water partition coefficient (Wildman–Crippen LogP) is 2.06. The van der Waals surface area contributed by atoms with Gasteiger partial charge in [-0.1, -0.05) is 6.07 Å². The van der Waals surface area contributed by atoms with Crippen molar-refractivity contribution >= 4 is 12.0 Å². The van der Waals surface area contributed by atoms with E-state index < -0.39 is 0 Å². The van der Waals surface area contributed by atoms with Gasteiger partial charge in [-0.15, -0.1) is 0 Å². The number of fused-ring (bicyclic) bond motifs is 1. The van der Waals surface area contributed by atoms with Crippen LogP contribution >= 0.6 is 0 Å². The Morgan fingerprint density at radius 1 is 1.19 bits per heavy atom. The van der Waals surface area contributed by atoms with Gasteiger partial charge in [0.15, 0.2) is 11.5 Å². The first-order chi connectivity index (χ1) is 10.1. The van der Waals surface area contributed by atoms with Gasteiger partial charge in [-0.2, -0.15) is 0 Å². The summed E-state index contributed by atoms with van der Waals surface area (Å²) in [5, 5.41) is 0. The number of rotatable bonds is 2. The number of carbonyl (C=O) groups is 1. The minimum atomic E-state index is 0.00895. The van der Waals surface area contributed by atoms with Crippen molar-refractivity contribution in [2.75, 3.05) is 19.9 Å². The van der Waals surface area contributed by atoms with E-state index in [9.17, 15) is 4.79 Å².